The van der Waals surface area contributed by atoms with Crippen molar-refractivity contribution in [3.05, 3.63) is 69.4 Å². The van der Waals surface area contributed by atoms with Crippen molar-refractivity contribution in [3.63, 3.8) is 0 Å². The van der Waals surface area contributed by atoms with E-state index in [1.807, 2.05) is 18.2 Å². The number of carbonyl (C=O) groups is 1. The van der Waals surface area contributed by atoms with Crippen LogP contribution in [0.4, 0.5) is 11.4 Å². The lowest BCUT2D eigenvalue weighted by molar-refractivity contribution is -0.384. The van der Waals surface area contributed by atoms with Gasteiger partial charge in [0.1, 0.15) is 5.69 Å². The minimum atomic E-state index is -0.366. The van der Waals surface area contributed by atoms with E-state index in [-0.39, 0.29) is 16.5 Å². The Morgan fingerprint density at radius 2 is 1.83 bits per heavy atom. The number of hydrogen-bond acceptors (Lipinski definition) is 4. The molecule has 2 aliphatic rings. The van der Waals surface area contributed by atoms with Crippen molar-refractivity contribution in [1.29, 1.82) is 0 Å². The van der Waals surface area contributed by atoms with Gasteiger partial charge in [0.2, 0.25) is 0 Å². The van der Waals surface area contributed by atoms with Crippen molar-refractivity contribution in [1.82, 2.24) is 9.88 Å². The third kappa shape index (κ3) is 3.20. The van der Waals surface area contributed by atoms with Gasteiger partial charge in [-0.1, -0.05) is 18.2 Å². The molecule has 1 amide bonds. The predicted octanol–water partition coefficient (Wildman–Crippen LogP) is 4.26. The van der Waals surface area contributed by atoms with Gasteiger partial charge < -0.3 is 14.8 Å². The van der Waals surface area contributed by atoms with Crippen LogP contribution in [0, 0.1) is 10.1 Å². The standard InChI is InChI=1S/C23H24N4O3/c28-23(26-13-10-20-18(15-26)17-6-2-3-7-19(17)24-20)16-8-9-21(22(14-16)27(29)30)25-11-4-1-5-12-25/h2-3,6-9,14,24H,1,4-5,10-13,15H2. The van der Waals surface area contributed by atoms with Crippen molar-refractivity contribution in [2.45, 2.75) is 32.2 Å². The van der Waals surface area contributed by atoms with Crippen molar-refractivity contribution < 1.29 is 9.72 Å². The van der Waals surface area contributed by atoms with E-state index in [1.165, 1.54) is 11.8 Å². The summed E-state index contributed by atoms with van der Waals surface area (Å²) >= 11 is 0. The van der Waals surface area contributed by atoms with E-state index in [0.29, 0.717) is 24.3 Å². The quantitative estimate of drug-likeness (QED) is 0.522. The molecule has 7 heteroatoms. The van der Waals surface area contributed by atoms with Gasteiger partial charge in [-0.2, -0.15) is 0 Å². The zero-order valence-corrected chi connectivity index (χ0v) is 16.8. The largest absolute Gasteiger partial charge is 0.366 e. The van der Waals surface area contributed by atoms with E-state index < -0.39 is 0 Å². The van der Waals surface area contributed by atoms with Crippen LogP contribution in [0.5, 0.6) is 0 Å². The molecule has 0 spiro atoms. The van der Waals surface area contributed by atoms with Crippen LogP contribution < -0.4 is 4.90 Å². The monoisotopic (exact) mass is 404 g/mol. The van der Waals surface area contributed by atoms with Crippen LogP contribution in [-0.4, -0.2) is 40.3 Å². The van der Waals surface area contributed by atoms with Crippen LogP contribution in [0.2, 0.25) is 0 Å². The lowest BCUT2D eigenvalue weighted by Gasteiger charge is -2.29. The van der Waals surface area contributed by atoms with Crippen LogP contribution >= 0.6 is 0 Å². The molecule has 154 valence electrons. The lowest BCUT2D eigenvalue weighted by atomic mass is 10.0. The van der Waals surface area contributed by atoms with Crippen molar-refractivity contribution in [2.75, 3.05) is 24.5 Å². The number of anilines is 1. The highest BCUT2D eigenvalue weighted by Gasteiger charge is 2.28. The van der Waals surface area contributed by atoms with E-state index in [9.17, 15) is 14.9 Å². The summed E-state index contributed by atoms with van der Waals surface area (Å²) in [4.78, 5) is 31.9. The average molecular weight is 404 g/mol. The van der Waals surface area contributed by atoms with Gasteiger partial charge in [-0.3, -0.25) is 14.9 Å². The summed E-state index contributed by atoms with van der Waals surface area (Å²) in [6.07, 6.45) is 3.99. The number of aromatic nitrogens is 1. The molecule has 0 saturated carbocycles. The van der Waals surface area contributed by atoms with E-state index in [2.05, 4.69) is 16.0 Å². The molecule has 0 atom stereocenters. The molecule has 5 rings (SSSR count). The topological polar surface area (TPSA) is 82.5 Å². The zero-order chi connectivity index (χ0) is 20.7. The molecule has 0 radical (unpaired) electrons. The first-order chi connectivity index (χ1) is 14.6. The van der Waals surface area contributed by atoms with Crippen LogP contribution in [-0.2, 0) is 13.0 Å². The SMILES string of the molecule is O=C(c1ccc(N2CCCCC2)c([N+](=O)[O-])c1)N1CCc2[nH]c3ccccc3c2C1. The molecule has 1 N–H and O–H groups in total. The molecule has 2 aromatic carbocycles. The fraction of sp³-hybridized carbons (Fsp3) is 0.348. The van der Waals surface area contributed by atoms with Gasteiger partial charge >= 0.3 is 0 Å². The fourth-order valence-electron chi connectivity index (χ4n) is 4.73. The number of rotatable bonds is 3. The Morgan fingerprint density at radius 3 is 2.63 bits per heavy atom. The van der Waals surface area contributed by atoms with E-state index in [0.717, 1.165) is 55.2 Å². The molecule has 3 aromatic rings. The van der Waals surface area contributed by atoms with Crippen molar-refractivity contribution in [3.8, 4) is 0 Å². The summed E-state index contributed by atoms with van der Waals surface area (Å²) in [7, 11) is 0. The van der Waals surface area contributed by atoms with Crippen LogP contribution in [0.15, 0.2) is 42.5 Å². The molecule has 1 fully saturated rings. The molecule has 1 aromatic heterocycles. The summed E-state index contributed by atoms with van der Waals surface area (Å²) in [5, 5.41) is 12.9. The number of piperidine rings is 1. The van der Waals surface area contributed by atoms with Crippen LogP contribution in [0.3, 0.4) is 0 Å². The average Bonchev–Trinajstić information content (AvgIpc) is 3.16. The molecule has 0 bridgehead atoms. The summed E-state index contributed by atoms with van der Waals surface area (Å²) < 4.78 is 0. The number of H-pyrrole nitrogens is 1. The Balaban J connectivity index is 1.43. The number of nitro benzene ring substituents is 1. The first-order valence-corrected chi connectivity index (χ1v) is 10.5. The number of nitrogens with one attached hydrogen (secondary N) is 1. The zero-order valence-electron chi connectivity index (χ0n) is 16.8. The van der Waals surface area contributed by atoms with Gasteiger partial charge in [0.05, 0.1) is 4.92 Å². The molecular weight excluding hydrogens is 380 g/mol. The second-order valence-electron chi connectivity index (χ2n) is 8.11. The number of benzene rings is 2. The van der Waals surface area contributed by atoms with Gasteiger partial charge in [-0.25, -0.2) is 0 Å². The summed E-state index contributed by atoms with van der Waals surface area (Å²) in [5.41, 5.74) is 4.42. The molecular formula is C23H24N4O3. The second-order valence-corrected chi connectivity index (χ2v) is 8.11. The van der Waals surface area contributed by atoms with E-state index >= 15 is 0 Å². The smallest absolute Gasteiger partial charge is 0.293 e. The Hall–Kier alpha value is -3.35. The number of hydrogen-bond donors (Lipinski definition) is 1. The molecule has 0 unspecified atom stereocenters. The Bertz CT molecular complexity index is 1130. The predicted molar refractivity (Wildman–Crippen MR) is 116 cm³/mol. The first kappa shape index (κ1) is 18.7. The molecule has 3 heterocycles. The van der Waals surface area contributed by atoms with E-state index in [1.54, 1.807) is 17.0 Å². The number of nitrogens with zero attached hydrogens (tertiary/aromatic N) is 3. The van der Waals surface area contributed by atoms with Crippen LogP contribution in [0.1, 0.15) is 40.9 Å². The number of para-hydroxylation sites is 1. The highest BCUT2D eigenvalue weighted by Crippen LogP contribution is 2.33. The fourth-order valence-corrected chi connectivity index (χ4v) is 4.73. The Kier molecular flexibility index (Phi) is 4.65. The highest BCUT2D eigenvalue weighted by atomic mass is 16.6. The van der Waals surface area contributed by atoms with E-state index in [4.69, 9.17) is 0 Å². The molecule has 1 saturated heterocycles. The minimum Gasteiger partial charge on any atom is -0.366 e. The molecule has 7 nitrogen and oxygen atoms in total. The summed E-state index contributed by atoms with van der Waals surface area (Å²) in [5.74, 6) is -0.153. The number of amides is 1. The van der Waals surface area contributed by atoms with Crippen LogP contribution in [0.25, 0.3) is 10.9 Å². The highest BCUT2D eigenvalue weighted by molar-refractivity contribution is 5.96. The minimum absolute atomic E-state index is 0.0209. The van der Waals surface area contributed by atoms with Crippen molar-refractivity contribution in [2.24, 2.45) is 0 Å². The maximum absolute atomic E-state index is 13.2. The number of nitro groups is 1. The number of fused-ring (bicyclic) bond motifs is 3. The van der Waals surface area contributed by atoms with Gasteiger partial charge in [-0.05, 0) is 37.5 Å². The Labute approximate surface area is 174 Å². The van der Waals surface area contributed by atoms with Crippen molar-refractivity contribution >= 4 is 28.2 Å². The third-order valence-electron chi connectivity index (χ3n) is 6.29. The molecule has 0 aliphatic carbocycles. The Morgan fingerprint density at radius 1 is 1.03 bits per heavy atom. The normalized spacial score (nSPS) is 16.5. The summed E-state index contributed by atoms with van der Waals surface area (Å²) in [6.45, 7) is 2.76. The first-order valence-electron chi connectivity index (χ1n) is 10.5. The number of carbonyl (C=O) groups excluding carboxylic acids is 1. The number of aromatic amines is 1. The lowest BCUT2D eigenvalue weighted by Crippen LogP contribution is -2.36. The maximum atomic E-state index is 13.2. The van der Waals surface area contributed by atoms with Gasteiger partial charge in [0.25, 0.3) is 11.6 Å². The second kappa shape index (κ2) is 7.48. The van der Waals surface area contributed by atoms with Gasteiger partial charge in [0.15, 0.2) is 0 Å². The maximum Gasteiger partial charge on any atom is 0.293 e. The third-order valence-corrected chi connectivity index (χ3v) is 6.29. The molecule has 2 aliphatic heterocycles. The summed E-state index contributed by atoms with van der Waals surface area (Å²) in [6, 6.07) is 13.0. The van der Waals surface area contributed by atoms with Gasteiger partial charge in [0, 0.05) is 66.4 Å². The molecule has 30 heavy (non-hydrogen) atoms. The van der Waals surface area contributed by atoms with Gasteiger partial charge in [-0.15, -0.1) is 0 Å².